The van der Waals surface area contributed by atoms with E-state index in [0.717, 1.165) is 44.8 Å². The number of benzene rings is 4. The molecule has 0 amide bonds. The van der Waals surface area contributed by atoms with Gasteiger partial charge in [-0.25, -0.2) is 8.42 Å². The summed E-state index contributed by atoms with van der Waals surface area (Å²) in [7, 11) is -4.54. The minimum Gasteiger partial charge on any atom is -0.744 e. The normalized spacial score (nSPS) is 11.3. The van der Waals surface area contributed by atoms with Crippen LogP contribution in [0.5, 0.6) is 0 Å². The van der Waals surface area contributed by atoms with Gasteiger partial charge in [0, 0.05) is 4.90 Å². The zero-order valence-corrected chi connectivity index (χ0v) is 22.4. The van der Waals surface area contributed by atoms with Crippen molar-refractivity contribution < 1.29 is 65.3 Å². The van der Waals surface area contributed by atoms with Crippen molar-refractivity contribution in [3.8, 4) is 11.1 Å². The van der Waals surface area contributed by atoms with Gasteiger partial charge in [0.15, 0.2) is 0 Å². The van der Waals surface area contributed by atoms with E-state index in [1.807, 2.05) is 84.9 Å². The van der Waals surface area contributed by atoms with Crippen LogP contribution in [0.3, 0.4) is 0 Å². The van der Waals surface area contributed by atoms with Gasteiger partial charge in [-0.1, -0.05) is 109 Å². The molecule has 4 aromatic rings. The fraction of sp³-hybridized carbons (Fsp3) is 0. The Hall–Kier alpha value is -2.31. The maximum absolute atomic E-state index is 11.4. The second kappa shape index (κ2) is 15.3. The third-order valence-corrected chi connectivity index (χ3v) is 6.91. The number of rotatable bonds is 9. The first kappa shape index (κ1) is 31.9. The minimum absolute atomic E-state index is 0. The Morgan fingerprint density at radius 3 is 1.63 bits per heavy atom. The summed E-state index contributed by atoms with van der Waals surface area (Å²) in [6.45, 7) is 0. The molecule has 0 aliphatic rings. The average molecular weight is 530 g/mol. The van der Waals surface area contributed by atoms with Gasteiger partial charge in [0.2, 0.25) is 0 Å². The molecule has 0 N–H and O–H groups in total. The van der Waals surface area contributed by atoms with Crippen molar-refractivity contribution in [1.29, 1.82) is 0 Å². The molecule has 0 unspecified atom stereocenters. The second-order valence-electron chi connectivity index (χ2n) is 7.66. The molecule has 0 spiro atoms. The Morgan fingerprint density at radius 1 is 0.632 bits per heavy atom. The fourth-order valence-electron chi connectivity index (χ4n) is 3.54. The van der Waals surface area contributed by atoms with Gasteiger partial charge in [-0.15, -0.1) is 0 Å². The molecular weight excluding hydrogens is 510 g/mol. The summed E-state index contributed by atoms with van der Waals surface area (Å²) in [6.07, 6.45) is 7.29. The summed E-state index contributed by atoms with van der Waals surface area (Å²) < 4.78 is 38.8. The van der Waals surface area contributed by atoms with Gasteiger partial charge in [-0.2, -0.15) is 4.33 Å². The van der Waals surface area contributed by atoms with Crippen LogP contribution >= 0.6 is 12.0 Å². The molecular formula is C28H20Li2O6S2. The summed E-state index contributed by atoms with van der Waals surface area (Å²) in [4.78, 5) is 0.521. The van der Waals surface area contributed by atoms with Crippen LogP contribution in [-0.4, -0.2) is 13.0 Å². The number of hydrogen-bond donors (Lipinski definition) is 0. The predicted molar refractivity (Wildman–Crippen MR) is 139 cm³/mol. The first-order chi connectivity index (χ1) is 17.4. The molecule has 6 nitrogen and oxygen atoms in total. The minimum atomic E-state index is -4.54. The Kier molecular flexibility index (Phi) is 12.9. The Morgan fingerprint density at radius 2 is 1.11 bits per heavy atom. The molecule has 4 aromatic carbocycles. The van der Waals surface area contributed by atoms with E-state index < -0.39 is 10.1 Å². The molecule has 0 heterocycles. The zero-order chi connectivity index (χ0) is 25.4. The van der Waals surface area contributed by atoms with Crippen molar-refractivity contribution in [2.45, 2.75) is 9.79 Å². The van der Waals surface area contributed by atoms with Gasteiger partial charge in [0.05, 0.1) is 16.9 Å². The average Bonchev–Trinajstić information content (AvgIpc) is 2.90. The fourth-order valence-corrected chi connectivity index (χ4v) is 4.67. The maximum Gasteiger partial charge on any atom is 1.00 e. The van der Waals surface area contributed by atoms with Gasteiger partial charge < -0.3 is 9.81 Å². The summed E-state index contributed by atoms with van der Waals surface area (Å²) in [5.74, 6) is 0. The SMILES string of the molecule is O=S(=O)([O-])c1ccccc1/C=C/c1ccc(-c2ccc(/C=C/c3ccccc3SOO[O-])cc2)cc1.[Li+].[Li+]. The molecule has 0 atom stereocenters. The molecule has 10 heteroatoms. The Labute approximate surface area is 250 Å². The van der Waals surface area contributed by atoms with E-state index in [-0.39, 0.29) is 42.6 Å². The summed E-state index contributed by atoms with van der Waals surface area (Å²) in [5.41, 5.74) is 5.20. The molecule has 38 heavy (non-hydrogen) atoms. The molecule has 4 rings (SSSR count). The standard InChI is InChI=1S/C28H22O6S2.2Li/c29-33-34-35-27-7-3-1-5-25(27)19-13-21-9-15-23(16-10-21)24-17-11-22(12-18-24)14-20-26-6-2-4-8-28(26)36(30,31)32;;/h1-20,29H,(H,30,31,32);;/q;2*+1/p-2/b19-13+,20-14+;;. The van der Waals surface area contributed by atoms with Crippen molar-refractivity contribution in [2.24, 2.45) is 0 Å². The van der Waals surface area contributed by atoms with Crippen molar-refractivity contribution in [3.05, 3.63) is 119 Å². The van der Waals surface area contributed by atoms with Crippen molar-refractivity contribution in [3.63, 3.8) is 0 Å². The van der Waals surface area contributed by atoms with E-state index in [0.29, 0.717) is 5.56 Å². The monoisotopic (exact) mass is 530 g/mol. The summed E-state index contributed by atoms with van der Waals surface area (Å²) >= 11 is 0.855. The molecule has 0 aromatic heterocycles. The first-order valence-corrected chi connectivity index (χ1v) is 12.9. The van der Waals surface area contributed by atoms with E-state index in [9.17, 15) is 18.2 Å². The van der Waals surface area contributed by atoms with Crippen LogP contribution in [0.1, 0.15) is 22.3 Å². The van der Waals surface area contributed by atoms with Crippen LogP contribution in [0.2, 0.25) is 0 Å². The van der Waals surface area contributed by atoms with Crippen LogP contribution in [0.25, 0.3) is 35.4 Å². The molecule has 0 aliphatic heterocycles. The van der Waals surface area contributed by atoms with E-state index in [2.05, 4.69) is 9.37 Å². The van der Waals surface area contributed by atoms with Crippen molar-refractivity contribution >= 4 is 46.5 Å². The zero-order valence-electron chi connectivity index (χ0n) is 20.8. The molecule has 182 valence electrons. The molecule has 0 bridgehead atoms. The van der Waals surface area contributed by atoms with Gasteiger partial charge in [-0.05, 0) is 45.5 Å². The number of hydrogen-bond acceptors (Lipinski definition) is 7. The van der Waals surface area contributed by atoms with Crippen LogP contribution in [0.15, 0.2) is 107 Å². The molecule has 0 fully saturated rings. The maximum atomic E-state index is 11.4. The van der Waals surface area contributed by atoms with Crippen molar-refractivity contribution in [1.82, 2.24) is 0 Å². The summed E-state index contributed by atoms with van der Waals surface area (Å²) in [6, 6.07) is 29.5. The topological polar surface area (TPSA) is 98.7 Å². The van der Waals surface area contributed by atoms with Crippen LogP contribution in [0, 0.1) is 0 Å². The third-order valence-electron chi connectivity index (χ3n) is 5.32. The largest absolute Gasteiger partial charge is 1.00 e. The van der Waals surface area contributed by atoms with E-state index >= 15 is 0 Å². The molecule has 0 radical (unpaired) electrons. The quantitative estimate of drug-likeness (QED) is 0.0741. The van der Waals surface area contributed by atoms with E-state index in [1.165, 1.54) is 12.1 Å². The smallest absolute Gasteiger partial charge is 0.744 e. The van der Waals surface area contributed by atoms with Gasteiger partial charge in [-0.3, -0.25) is 5.04 Å². The second-order valence-corrected chi connectivity index (χ2v) is 9.75. The Bertz CT molecular complexity index is 1490. The first-order valence-electron chi connectivity index (χ1n) is 10.8. The van der Waals surface area contributed by atoms with Gasteiger partial charge in [0.1, 0.15) is 10.1 Å². The molecule has 0 saturated heterocycles. The van der Waals surface area contributed by atoms with Gasteiger partial charge >= 0.3 is 37.7 Å². The van der Waals surface area contributed by atoms with E-state index in [1.54, 1.807) is 24.3 Å². The van der Waals surface area contributed by atoms with Crippen molar-refractivity contribution in [2.75, 3.05) is 0 Å². The predicted octanol–water partition coefficient (Wildman–Crippen LogP) is -0.163. The summed E-state index contributed by atoms with van der Waals surface area (Å²) in [5, 5.41) is 13.5. The van der Waals surface area contributed by atoms with Crippen LogP contribution in [-0.2, 0) is 19.5 Å². The van der Waals surface area contributed by atoms with Crippen LogP contribution in [0.4, 0.5) is 0 Å². The molecule has 0 aliphatic carbocycles. The Balaban J connectivity index is 0.00000253. The third kappa shape index (κ3) is 8.88. The van der Waals surface area contributed by atoms with Crippen LogP contribution < -0.4 is 43.0 Å². The van der Waals surface area contributed by atoms with E-state index in [4.69, 9.17) is 0 Å². The molecule has 0 saturated carbocycles. The van der Waals surface area contributed by atoms with Gasteiger partial charge in [0.25, 0.3) is 0 Å².